The molecular formula is C8H13N3O2S. The van der Waals surface area contributed by atoms with E-state index in [0.717, 1.165) is 0 Å². The lowest BCUT2D eigenvalue weighted by Crippen LogP contribution is -2.26. The minimum atomic E-state index is -3.42. The first-order valence-corrected chi connectivity index (χ1v) is 5.65. The van der Waals surface area contributed by atoms with Crippen LogP contribution >= 0.6 is 0 Å². The highest BCUT2D eigenvalue weighted by molar-refractivity contribution is 7.89. The maximum absolute atomic E-state index is 11.6. The van der Waals surface area contributed by atoms with E-state index in [1.807, 2.05) is 0 Å². The number of sulfonamides is 1. The van der Waals surface area contributed by atoms with Crippen LogP contribution in [0.25, 0.3) is 0 Å². The van der Waals surface area contributed by atoms with Crippen LogP contribution in [0.2, 0.25) is 0 Å². The largest absolute Gasteiger partial charge is 0.257 e. The molecule has 0 atom stereocenters. The molecule has 6 heteroatoms. The van der Waals surface area contributed by atoms with Crippen LogP contribution in [0.15, 0.2) is 29.9 Å². The number of aromatic nitrogens is 2. The smallest absolute Gasteiger partial charge is 0.256 e. The predicted molar refractivity (Wildman–Crippen MR) is 53.2 cm³/mol. The van der Waals surface area contributed by atoms with Crippen molar-refractivity contribution >= 4 is 10.0 Å². The quantitative estimate of drug-likeness (QED) is 0.566. The molecule has 0 bridgehead atoms. The number of nitrogens with zero attached hydrogens (tertiary/aromatic N) is 2. The van der Waals surface area contributed by atoms with E-state index in [1.54, 1.807) is 13.1 Å². The Balaban J connectivity index is 2.76. The van der Waals surface area contributed by atoms with Gasteiger partial charge in [0.2, 0.25) is 0 Å². The molecule has 5 nitrogen and oxygen atoms in total. The minimum absolute atomic E-state index is 0.168. The lowest BCUT2D eigenvalue weighted by molar-refractivity contribution is 0.563. The van der Waals surface area contributed by atoms with E-state index < -0.39 is 10.0 Å². The van der Waals surface area contributed by atoms with Crippen molar-refractivity contribution in [2.45, 2.75) is 11.4 Å². The molecule has 0 aliphatic carbocycles. The number of nitrogens with one attached hydrogen (secondary N) is 1. The zero-order valence-corrected chi connectivity index (χ0v) is 8.79. The van der Waals surface area contributed by atoms with Crippen molar-refractivity contribution in [1.29, 1.82) is 0 Å². The first-order chi connectivity index (χ1) is 6.58. The van der Waals surface area contributed by atoms with Crippen LogP contribution in [-0.4, -0.2) is 24.7 Å². The Labute approximate surface area is 83.5 Å². The van der Waals surface area contributed by atoms with E-state index in [0.29, 0.717) is 13.0 Å². The summed E-state index contributed by atoms with van der Waals surface area (Å²) in [6.07, 6.45) is 3.71. The maximum atomic E-state index is 11.6. The van der Waals surface area contributed by atoms with Gasteiger partial charge in [-0.3, -0.25) is 4.68 Å². The summed E-state index contributed by atoms with van der Waals surface area (Å²) in [5, 5.41) is 3.96. The second kappa shape index (κ2) is 4.39. The molecule has 0 spiro atoms. The average Bonchev–Trinajstić information content (AvgIpc) is 2.52. The summed E-state index contributed by atoms with van der Waals surface area (Å²) in [7, 11) is -1.83. The maximum Gasteiger partial charge on any atom is 0.257 e. The van der Waals surface area contributed by atoms with Crippen LogP contribution in [0.3, 0.4) is 0 Å². The predicted octanol–water partition coefficient (Wildman–Crippen LogP) is 0.274. The van der Waals surface area contributed by atoms with Crippen molar-refractivity contribution in [3.8, 4) is 0 Å². The number of hydrogen-bond donors (Lipinski definition) is 1. The molecule has 0 saturated carbocycles. The van der Waals surface area contributed by atoms with E-state index in [-0.39, 0.29) is 5.03 Å². The summed E-state index contributed by atoms with van der Waals surface area (Å²) in [6.45, 7) is 3.87. The van der Waals surface area contributed by atoms with Gasteiger partial charge in [0.1, 0.15) is 0 Å². The second-order valence-corrected chi connectivity index (χ2v) is 4.48. The first kappa shape index (κ1) is 10.9. The fraction of sp³-hybridized carbons (Fsp3) is 0.375. The summed E-state index contributed by atoms with van der Waals surface area (Å²) >= 11 is 0. The molecular weight excluding hydrogens is 202 g/mol. The third kappa shape index (κ3) is 2.43. The van der Waals surface area contributed by atoms with Crippen LogP contribution in [0.1, 0.15) is 6.42 Å². The van der Waals surface area contributed by atoms with Crippen molar-refractivity contribution < 1.29 is 8.42 Å². The van der Waals surface area contributed by atoms with Gasteiger partial charge < -0.3 is 0 Å². The van der Waals surface area contributed by atoms with E-state index in [9.17, 15) is 8.42 Å². The molecule has 0 amide bonds. The molecule has 0 radical (unpaired) electrons. The fourth-order valence-electron chi connectivity index (χ4n) is 0.995. The van der Waals surface area contributed by atoms with E-state index in [2.05, 4.69) is 16.4 Å². The third-order valence-corrected chi connectivity index (χ3v) is 3.23. The molecule has 0 aromatic carbocycles. The van der Waals surface area contributed by atoms with Gasteiger partial charge in [-0.05, 0) is 12.5 Å². The Kier molecular flexibility index (Phi) is 3.43. The Morgan fingerprint density at radius 1 is 1.71 bits per heavy atom. The number of aryl methyl sites for hydroxylation is 1. The molecule has 14 heavy (non-hydrogen) atoms. The highest BCUT2D eigenvalue weighted by Gasteiger charge is 2.16. The molecule has 0 unspecified atom stereocenters. The summed E-state index contributed by atoms with van der Waals surface area (Å²) in [5.74, 6) is 0. The molecule has 0 aliphatic heterocycles. The SMILES string of the molecule is C=CCCNS(=O)(=O)c1ccnn1C. The standard InChI is InChI=1S/C8H13N3O2S/c1-3-4-6-10-14(12,13)8-5-7-9-11(8)2/h3,5,7,10H,1,4,6H2,2H3. The molecule has 1 rings (SSSR count). The summed E-state index contributed by atoms with van der Waals surface area (Å²) in [5.41, 5.74) is 0. The monoisotopic (exact) mass is 215 g/mol. The molecule has 78 valence electrons. The van der Waals surface area contributed by atoms with Crippen molar-refractivity contribution in [3.63, 3.8) is 0 Å². The van der Waals surface area contributed by atoms with Crippen molar-refractivity contribution in [2.75, 3.05) is 6.54 Å². The third-order valence-electron chi connectivity index (χ3n) is 1.69. The number of hydrogen-bond acceptors (Lipinski definition) is 3. The molecule has 0 fully saturated rings. The Bertz CT molecular complexity index is 408. The zero-order valence-electron chi connectivity index (χ0n) is 7.97. The lowest BCUT2D eigenvalue weighted by Gasteiger charge is -2.04. The van der Waals surface area contributed by atoms with Crippen LogP contribution in [0.5, 0.6) is 0 Å². The summed E-state index contributed by atoms with van der Waals surface area (Å²) in [4.78, 5) is 0. The van der Waals surface area contributed by atoms with E-state index in [4.69, 9.17) is 0 Å². The van der Waals surface area contributed by atoms with Gasteiger partial charge in [-0.15, -0.1) is 6.58 Å². The van der Waals surface area contributed by atoms with Crippen LogP contribution in [0.4, 0.5) is 0 Å². The van der Waals surface area contributed by atoms with Crippen LogP contribution < -0.4 is 4.72 Å². The Morgan fingerprint density at radius 2 is 2.43 bits per heavy atom. The highest BCUT2D eigenvalue weighted by Crippen LogP contribution is 2.05. The first-order valence-electron chi connectivity index (χ1n) is 4.16. The van der Waals surface area contributed by atoms with Gasteiger partial charge >= 0.3 is 0 Å². The molecule has 0 aliphatic rings. The average molecular weight is 215 g/mol. The molecule has 1 heterocycles. The zero-order chi connectivity index (χ0) is 10.6. The van der Waals surface area contributed by atoms with Crippen molar-refractivity contribution in [3.05, 3.63) is 24.9 Å². The minimum Gasteiger partial charge on any atom is -0.256 e. The van der Waals surface area contributed by atoms with Gasteiger partial charge in [-0.1, -0.05) is 6.08 Å². The van der Waals surface area contributed by atoms with E-state index >= 15 is 0 Å². The summed E-state index contributed by atoms with van der Waals surface area (Å²) < 4.78 is 26.9. The van der Waals surface area contributed by atoms with Gasteiger partial charge in [0.15, 0.2) is 5.03 Å². The molecule has 0 saturated heterocycles. The topological polar surface area (TPSA) is 64.0 Å². The van der Waals surface area contributed by atoms with Gasteiger partial charge in [0.25, 0.3) is 10.0 Å². The number of rotatable bonds is 5. The highest BCUT2D eigenvalue weighted by atomic mass is 32.2. The normalized spacial score (nSPS) is 11.5. The van der Waals surface area contributed by atoms with Gasteiger partial charge in [-0.2, -0.15) is 5.10 Å². The van der Waals surface area contributed by atoms with Gasteiger partial charge in [0, 0.05) is 13.6 Å². The summed E-state index contributed by atoms with van der Waals surface area (Å²) in [6, 6.07) is 1.45. The van der Waals surface area contributed by atoms with E-state index in [1.165, 1.54) is 16.9 Å². The molecule has 1 aromatic heterocycles. The molecule has 1 aromatic rings. The lowest BCUT2D eigenvalue weighted by atomic mass is 10.4. The van der Waals surface area contributed by atoms with Crippen molar-refractivity contribution in [1.82, 2.24) is 14.5 Å². The fourth-order valence-corrected chi connectivity index (χ4v) is 2.16. The van der Waals surface area contributed by atoms with Crippen LogP contribution in [0, 0.1) is 0 Å². The van der Waals surface area contributed by atoms with Gasteiger partial charge in [-0.25, -0.2) is 13.1 Å². The van der Waals surface area contributed by atoms with Crippen molar-refractivity contribution in [2.24, 2.45) is 7.05 Å². The van der Waals surface area contributed by atoms with Crippen LogP contribution in [-0.2, 0) is 17.1 Å². The Hall–Kier alpha value is -1.14. The molecule has 1 N–H and O–H groups in total. The van der Waals surface area contributed by atoms with Gasteiger partial charge in [0.05, 0.1) is 6.20 Å². The second-order valence-electron chi connectivity index (χ2n) is 2.77. The Morgan fingerprint density at radius 3 is 2.93 bits per heavy atom.